The average Bonchev–Trinajstić information content (AvgIpc) is 2.42. The summed E-state index contributed by atoms with van der Waals surface area (Å²) in [7, 11) is 0. The molecular formula is C18H39N. The first-order chi connectivity index (χ1) is 9.31. The zero-order chi connectivity index (χ0) is 14.2. The Bertz CT molecular complexity index is 156. The highest BCUT2D eigenvalue weighted by Crippen LogP contribution is 2.12. The summed E-state index contributed by atoms with van der Waals surface area (Å²) in [6, 6.07) is 0.721. The molecule has 0 aromatic carbocycles. The summed E-state index contributed by atoms with van der Waals surface area (Å²) in [6.07, 6.45) is 18.5. The molecule has 0 spiro atoms. The fraction of sp³-hybridized carbons (Fsp3) is 1.00. The van der Waals surface area contributed by atoms with Crippen molar-refractivity contribution in [2.45, 2.75) is 110 Å². The highest BCUT2D eigenvalue weighted by atomic mass is 14.9. The largest absolute Gasteiger partial charge is 0.314 e. The minimum Gasteiger partial charge on any atom is -0.314 e. The van der Waals surface area contributed by atoms with Crippen LogP contribution in [0.15, 0.2) is 0 Å². The Labute approximate surface area is 122 Å². The Kier molecular flexibility index (Phi) is 16.0. The van der Waals surface area contributed by atoms with Gasteiger partial charge in [-0.2, -0.15) is 0 Å². The molecule has 1 heteroatoms. The van der Waals surface area contributed by atoms with Gasteiger partial charge in [-0.1, -0.05) is 84.5 Å². The lowest BCUT2D eigenvalue weighted by atomic mass is 10.0. The van der Waals surface area contributed by atoms with Crippen molar-refractivity contribution in [2.24, 2.45) is 0 Å². The molecule has 1 nitrogen and oxygen atoms in total. The molecule has 0 fully saturated rings. The lowest BCUT2D eigenvalue weighted by molar-refractivity contribution is 0.475. The molecule has 0 aromatic heterocycles. The van der Waals surface area contributed by atoms with Crippen molar-refractivity contribution in [3.63, 3.8) is 0 Å². The molecule has 1 N–H and O–H groups in total. The monoisotopic (exact) mass is 269 g/mol. The van der Waals surface area contributed by atoms with E-state index in [0.717, 1.165) is 6.04 Å². The zero-order valence-corrected chi connectivity index (χ0v) is 14.0. The summed E-state index contributed by atoms with van der Waals surface area (Å²) >= 11 is 0. The molecule has 0 bridgehead atoms. The molecular weight excluding hydrogens is 230 g/mol. The van der Waals surface area contributed by atoms with E-state index in [0.29, 0.717) is 0 Å². The highest BCUT2D eigenvalue weighted by Gasteiger charge is 1.99. The Morgan fingerprint density at radius 1 is 0.632 bits per heavy atom. The molecule has 19 heavy (non-hydrogen) atoms. The number of unbranched alkanes of at least 4 members (excludes halogenated alkanes) is 10. The van der Waals surface area contributed by atoms with Gasteiger partial charge >= 0.3 is 0 Å². The first-order valence-corrected chi connectivity index (χ1v) is 9.04. The van der Waals surface area contributed by atoms with Gasteiger partial charge < -0.3 is 5.32 Å². The SMILES string of the molecule is CCCCCCCCCCCCCC(C)NCCC. The minimum absolute atomic E-state index is 0.721. The molecule has 116 valence electrons. The van der Waals surface area contributed by atoms with E-state index in [4.69, 9.17) is 0 Å². The summed E-state index contributed by atoms with van der Waals surface area (Å²) in [5.41, 5.74) is 0. The Balaban J connectivity index is 3.02. The van der Waals surface area contributed by atoms with E-state index < -0.39 is 0 Å². The van der Waals surface area contributed by atoms with Gasteiger partial charge in [-0.15, -0.1) is 0 Å². The summed E-state index contributed by atoms with van der Waals surface area (Å²) in [4.78, 5) is 0. The number of rotatable bonds is 15. The van der Waals surface area contributed by atoms with Gasteiger partial charge in [-0.25, -0.2) is 0 Å². The van der Waals surface area contributed by atoms with Crippen molar-refractivity contribution in [1.29, 1.82) is 0 Å². The Morgan fingerprint density at radius 3 is 1.58 bits per heavy atom. The van der Waals surface area contributed by atoms with Crippen LogP contribution < -0.4 is 5.32 Å². The minimum atomic E-state index is 0.721. The first-order valence-electron chi connectivity index (χ1n) is 9.04. The molecule has 0 saturated heterocycles. The molecule has 0 heterocycles. The third-order valence-corrected chi connectivity index (χ3v) is 3.98. The summed E-state index contributed by atoms with van der Waals surface area (Å²) in [6.45, 7) is 8.03. The van der Waals surface area contributed by atoms with Gasteiger partial charge in [0.05, 0.1) is 0 Å². The normalized spacial score (nSPS) is 12.8. The van der Waals surface area contributed by atoms with Crippen LogP contribution in [0.1, 0.15) is 104 Å². The lowest BCUT2D eigenvalue weighted by Crippen LogP contribution is -2.26. The second-order valence-corrected chi connectivity index (χ2v) is 6.18. The van der Waals surface area contributed by atoms with Crippen LogP contribution in [-0.2, 0) is 0 Å². The van der Waals surface area contributed by atoms with E-state index in [1.165, 1.54) is 90.0 Å². The second-order valence-electron chi connectivity index (χ2n) is 6.18. The number of hydrogen-bond donors (Lipinski definition) is 1. The molecule has 1 unspecified atom stereocenters. The summed E-state index contributed by atoms with van der Waals surface area (Å²) in [5, 5.41) is 3.57. The van der Waals surface area contributed by atoms with Crippen molar-refractivity contribution < 1.29 is 0 Å². The zero-order valence-electron chi connectivity index (χ0n) is 14.0. The van der Waals surface area contributed by atoms with E-state index in [2.05, 4.69) is 26.1 Å². The molecule has 0 aliphatic rings. The smallest absolute Gasteiger partial charge is 0.00387 e. The topological polar surface area (TPSA) is 12.0 Å². The summed E-state index contributed by atoms with van der Waals surface area (Å²) < 4.78 is 0. The standard InChI is InChI=1S/C18H39N/c1-4-6-7-8-9-10-11-12-13-14-15-16-18(3)19-17-5-2/h18-19H,4-17H2,1-3H3. The van der Waals surface area contributed by atoms with Crippen LogP contribution >= 0.6 is 0 Å². The first kappa shape index (κ1) is 19.0. The quantitative estimate of drug-likeness (QED) is 0.355. The van der Waals surface area contributed by atoms with E-state index >= 15 is 0 Å². The highest BCUT2D eigenvalue weighted by molar-refractivity contribution is 4.60. The third kappa shape index (κ3) is 15.9. The molecule has 0 saturated carbocycles. The maximum Gasteiger partial charge on any atom is 0.00387 e. The van der Waals surface area contributed by atoms with E-state index in [1.54, 1.807) is 0 Å². The van der Waals surface area contributed by atoms with Gasteiger partial charge in [0.1, 0.15) is 0 Å². The molecule has 0 amide bonds. The van der Waals surface area contributed by atoms with Crippen molar-refractivity contribution in [1.82, 2.24) is 5.32 Å². The van der Waals surface area contributed by atoms with Gasteiger partial charge in [-0.05, 0) is 26.3 Å². The fourth-order valence-corrected chi connectivity index (χ4v) is 2.61. The van der Waals surface area contributed by atoms with Gasteiger partial charge in [0.15, 0.2) is 0 Å². The van der Waals surface area contributed by atoms with Crippen molar-refractivity contribution in [3.8, 4) is 0 Å². The van der Waals surface area contributed by atoms with Crippen LogP contribution in [0.5, 0.6) is 0 Å². The van der Waals surface area contributed by atoms with E-state index in [-0.39, 0.29) is 0 Å². The van der Waals surface area contributed by atoms with Crippen LogP contribution in [0.4, 0.5) is 0 Å². The van der Waals surface area contributed by atoms with Crippen molar-refractivity contribution in [3.05, 3.63) is 0 Å². The number of nitrogens with one attached hydrogen (secondary N) is 1. The second kappa shape index (κ2) is 16.0. The summed E-state index contributed by atoms with van der Waals surface area (Å²) in [5.74, 6) is 0. The van der Waals surface area contributed by atoms with Gasteiger partial charge in [-0.3, -0.25) is 0 Å². The van der Waals surface area contributed by atoms with Crippen molar-refractivity contribution in [2.75, 3.05) is 6.54 Å². The Morgan fingerprint density at radius 2 is 1.11 bits per heavy atom. The van der Waals surface area contributed by atoms with Crippen LogP contribution in [-0.4, -0.2) is 12.6 Å². The molecule has 0 aliphatic heterocycles. The molecule has 0 rings (SSSR count). The molecule has 0 aromatic rings. The predicted molar refractivity (Wildman–Crippen MR) is 88.8 cm³/mol. The fourth-order valence-electron chi connectivity index (χ4n) is 2.61. The molecule has 0 radical (unpaired) electrons. The third-order valence-electron chi connectivity index (χ3n) is 3.98. The maximum atomic E-state index is 3.57. The van der Waals surface area contributed by atoms with Crippen LogP contribution in [0.2, 0.25) is 0 Å². The van der Waals surface area contributed by atoms with Gasteiger partial charge in [0, 0.05) is 6.04 Å². The van der Waals surface area contributed by atoms with E-state index in [9.17, 15) is 0 Å². The number of hydrogen-bond acceptors (Lipinski definition) is 1. The maximum absolute atomic E-state index is 3.57. The van der Waals surface area contributed by atoms with Crippen LogP contribution in [0.25, 0.3) is 0 Å². The van der Waals surface area contributed by atoms with Gasteiger partial charge in [0.25, 0.3) is 0 Å². The molecule has 0 aliphatic carbocycles. The predicted octanol–water partition coefficient (Wildman–Crippen LogP) is 6.08. The van der Waals surface area contributed by atoms with Crippen molar-refractivity contribution >= 4 is 0 Å². The van der Waals surface area contributed by atoms with Gasteiger partial charge in [0.2, 0.25) is 0 Å². The Hall–Kier alpha value is -0.0400. The van der Waals surface area contributed by atoms with E-state index in [1.807, 2.05) is 0 Å². The van der Waals surface area contributed by atoms with Crippen LogP contribution in [0, 0.1) is 0 Å². The molecule has 1 atom stereocenters. The average molecular weight is 270 g/mol. The van der Waals surface area contributed by atoms with Crippen LogP contribution in [0.3, 0.4) is 0 Å². The lowest BCUT2D eigenvalue weighted by Gasteiger charge is -2.12.